The van der Waals surface area contributed by atoms with Crippen molar-refractivity contribution >= 4 is 34.8 Å². The highest BCUT2D eigenvalue weighted by Gasteiger charge is 2.08. The van der Waals surface area contributed by atoms with E-state index in [4.69, 9.17) is 28.5 Å². The molecular formula is C11H10Cl2N2O. The normalized spacial score (nSPS) is 11.6. The van der Waals surface area contributed by atoms with Crippen molar-refractivity contribution in [3.05, 3.63) is 28.2 Å². The minimum atomic E-state index is -0.311. The molecule has 0 spiro atoms. The Balaban J connectivity index is 2.67. The summed E-state index contributed by atoms with van der Waals surface area (Å²) < 4.78 is 0. The van der Waals surface area contributed by atoms with Crippen molar-refractivity contribution in [1.29, 1.82) is 5.26 Å². The zero-order chi connectivity index (χ0) is 12.1. The Morgan fingerprint density at radius 3 is 2.50 bits per heavy atom. The molecule has 0 aliphatic carbocycles. The number of carbonyl (C=O) groups excluding carboxylic acids is 1. The SMILES string of the molecule is CC(C#N)CC(=O)Nc1cc(Cl)cc(Cl)c1. The van der Waals surface area contributed by atoms with Crippen LogP contribution in [0.15, 0.2) is 18.2 Å². The maximum atomic E-state index is 11.5. The van der Waals surface area contributed by atoms with Crippen molar-refractivity contribution in [2.24, 2.45) is 5.92 Å². The zero-order valence-corrected chi connectivity index (χ0v) is 10.1. The van der Waals surface area contributed by atoms with Crippen LogP contribution < -0.4 is 5.32 Å². The van der Waals surface area contributed by atoms with Gasteiger partial charge in [0.15, 0.2) is 0 Å². The molecule has 1 N–H and O–H groups in total. The lowest BCUT2D eigenvalue weighted by molar-refractivity contribution is -0.116. The van der Waals surface area contributed by atoms with Gasteiger partial charge in [0.25, 0.3) is 0 Å². The van der Waals surface area contributed by atoms with Gasteiger partial charge < -0.3 is 5.32 Å². The number of rotatable bonds is 3. The number of nitrogens with one attached hydrogen (secondary N) is 1. The summed E-state index contributed by atoms with van der Waals surface area (Å²) in [6.45, 7) is 1.69. The van der Waals surface area contributed by atoms with Crippen LogP contribution in [0.3, 0.4) is 0 Å². The molecule has 0 aliphatic rings. The van der Waals surface area contributed by atoms with E-state index in [0.717, 1.165) is 0 Å². The lowest BCUT2D eigenvalue weighted by Gasteiger charge is -2.06. The molecule has 1 amide bonds. The summed E-state index contributed by atoms with van der Waals surface area (Å²) >= 11 is 11.6. The third-order valence-corrected chi connectivity index (χ3v) is 2.29. The fourth-order valence-electron chi connectivity index (χ4n) is 1.16. The summed E-state index contributed by atoms with van der Waals surface area (Å²) in [7, 11) is 0. The van der Waals surface area contributed by atoms with Crippen LogP contribution in [-0.4, -0.2) is 5.91 Å². The van der Waals surface area contributed by atoms with Gasteiger partial charge in [-0.25, -0.2) is 0 Å². The number of anilines is 1. The smallest absolute Gasteiger partial charge is 0.225 e. The first kappa shape index (κ1) is 12.8. The Labute approximate surface area is 104 Å². The number of carbonyl (C=O) groups is 1. The van der Waals surface area contributed by atoms with Gasteiger partial charge in [-0.1, -0.05) is 23.2 Å². The van der Waals surface area contributed by atoms with E-state index in [-0.39, 0.29) is 18.2 Å². The zero-order valence-electron chi connectivity index (χ0n) is 8.63. The standard InChI is InChI=1S/C11H10Cl2N2O/c1-7(6-14)2-11(16)15-10-4-8(12)3-9(13)5-10/h3-5,7H,2H2,1H3,(H,15,16). The van der Waals surface area contributed by atoms with Gasteiger partial charge in [0.2, 0.25) is 5.91 Å². The molecule has 0 fully saturated rings. The molecule has 0 radical (unpaired) electrons. The molecule has 0 aromatic heterocycles. The van der Waals surface area contributed by atoms with E-state index in [1.54, 1.807) is 25.1 Å². The number of amides is 1. The highest BCUT2D eigenvalue weighted by Crippen LogP contribution is 2.22. The minimum Gasteiger partial charge on any atom is -0.326 e. The molecule has 1 rings (SSSR count). The highest BCUT2D eigenvalue weighted by molar-refractivity contribution is 6.35. The Morgan fingerprint density at radius 2 is 2.00 bits per heavy atom. The fourth-order valence-corrected chi connectivity index (χ4v) is 1.69. The molecule has 16 heavy (non-hydrogen) atoms. The van der Waals surface area contributed by atoms with Gasteiger partial charge in [-0.3, -0.25) is 4.79 Å². The minimum absolute atomic E-state index is 0.153. The average molecular weight is 257 g/mol. The van der Waals surface area contributed by atoms with Crippen LogP contribution in [0.2, 0.25) is 10.0 Å². The molecule has 1 aromatic carbocycles. The van der Waals surface area contributed by atoms with E-state index in [1.807, 2.05) is 6.07 Å². The first-order chi connectivity index (χ1) is 7.51. The van der Waals surface area contributed by atoms with E-state index in [0.29, 0.717) is 15.7 Å². The third kappa shape index (κ3) is 4.09. The number of halogens is 2. The van der Waals surface area contributed by atoms with Gasteiger partial charge in [-0.2, -0.15) is 5.26 Å². The van der Waals surface area contributed by atoms with E-state index in [2.05, 4.69) is 5.32 Å². The Hall–Kier alpha value is -1.24. The monoisotopic (exact) mass is 256 g/mol. The molecule has 0 bridgehead atoms. The topological polar surface area (TPSA) is 52.9 Å². The second-order valence-corrected chi connectivity index (χ2v) is 4.31. The van der Waals surface area contributed by atoms with Gasteiger partial charge in [-0.15, -0.1) is 0 Å². The second-order valence-electron chi connectivity index (χ2n) is 3.44. The predicted molar refractivity (Wildman–Crippen MR) is 64.5 cm³/mol. The van der Waals surface area contributed by atoms with Crippen LogP contribution in [0, 0.1) is 17.2 Å². The first-order valence-electron chi connectivity index (χ1n) is 4.67. The summed E-state index contributed by atoms with van der Waals surface area (Å²) in [6.07, 6.45) is 0.153. The van der Waals surface area contributed by atoms with Gasteiger partial charge in [0.1, 0.15) is 0 Å². The van der Waals surface area contributed by atoms with Crippen LogP contribution in [0.25, 0.3) is 0 Å². The summed E-state index contributed by atoms with van der Waals surface area (Å²) in [5.41, 5.74) is 0.535. The molecule has 0 saturated heterocycles. The predicted octanol–water partition coefficient (Wildman–Crippen LogP) is 3.48. The van der Waals surface area contributed by atoms with Crippen molar-refractivity contribution in [2.75, 3.05) is 5.32 Å². The lowest BCUT2D eigenvalue weighted by Crippen LogP contribution is -2.14. The molecule has 0 heterocycles. The molecular weight excluding hydrogens is 247 g/mol. The molecule has 0 saturated carbocycles. The Kier molecular flexibility index (Phi) is 4.60. The molecule has 3 nitrogen and oxygen atoms in total. The van der Waals surface area contributed by atoms with Crippen molar-refractivity contribution in [2.45, 2.75) is 13.3 Å². The van der Waals surface area contributed by atoms with Crippen LogP contribution in [0.4, 0.5) is 5.69 Å². The highest BCUT2D eigenvalue weighted by atomic mass is 35.5. The molecule has 1 unspecified atom stereocenters. The maximum Gasteiger partial charge on any atom is 0.225 e. The van der Waals surface area contributed by atoms with E-state index >= 15 is 0 Å². The molecule has 84 valence electrons. The number of hydrogen-bond acceptors (Lipinski definition) is 2. The quantitative estimate of drug-likeness (QED) is 0.901. The van der Waals surface area contributed by atoms with Gasteiger partial charge in [0.05, 0.1) is 12.0 Å². The van der Waals surface area contributed by atoms with Crippen LogP contribution in [0.5, 0.6) is 0 Å². The number of nitrogens with zero attached hydrogens (tertiary/aromatic N) is 1. The van der Waals surface area contributed by atoms with Crippen molar-refractivity contribution in [1.82, 2.24) is 0 Å². The summed E-state index contributed by atoms with van der Waals surface area (Å²) in [5, 5.41) is 12.1. The van der Waals surface area contributed by atoms with Gasteiger partial charge in [0, 0.05) is 22.2 Å². The molecule has 1 aromatic rings. The number of hydrogen-bond donors (Lipinski definition) is 1. The van der Waals surface area contributed by atoms with E-state index in [9.17, 15) is 4.79 Å². The third-order valence-electron chi connectivity index (χ3n) is 1.86. The largest absolute Gasteiger partial charge is 0.326 e. The summed E-state index contributed by atoms with van der Waals surface area (Å²) in [6, 6.07) is 6.77. The summed E-state index contributed by atoms with van der Waals surface area (Å²) in [4.78, 5) is 11.5. The van der Waals surface area contributed by atoms with Crippen molar-refractivity contribution < 1.29 is 4.79 Å². The van der Waals surface area contributed by atoms with Crippen LogP contribution in [0.1, 0.15) is 13.3 Å². The van der Waals surface area contributed by atoms with Crippen LogP contribution in [-0.2, 0) is 4.79 Å². The van der Waals surface area contributed by atoms with Gasteiger partial charge in [-0.05, 0) is 25.1 Å². The summed E-state index contributed by atoms with van der Waals surface area (Å²) in [5.74, 6) is -0.540. The molecule has 0 aliphatic heterocycles. The Bertz CT molecular complexity index is 420. The van der Waals surface area contributed by atoms with Crippen molar-refractivity contribution in [3.8, 4) is 6.07 Å². The number of nitriles is 1. The number of benzene rings is 1. The first-order valence-corrected chi connectivity index (χ1v) is 5.42. The maximum absolute atomic E-state index is 11.5. The molecule has 1 atom stereocenters. The molecule has 5 heteroatoms. The van der Waals surface area contributed by atoms with E-state index < -0.39 is 0 Å². The fraction of sp³-hybridized carbons (Fsp3) is 0.273. The Morgan fingerprint density at radius 1 is 1.44 bits per heavy atom. The average Bonchev–Trinajstić information content (AvgIpc) is 2.15. The van der Waals surface area contributed by atoms with Crippen LogP contribution >= 0.6 is 23.2 Å². The van der Waals surface area contributed by atoms with E-state index in [1.165, 1.54) is 0 Å². The van der Waals surface area contributed by atoms with Crippen molar-refractivity contribution in [3.63, 3.8) is 0 Å². The lowest BCUT2D eigenvalue weighted by atomic mass is 10.1. The van der Waals surface area contributed by atoms with Gasteiger partial charge >= 0.3 is 0 Å². The second kappa shape index (κ2) is 5.74.